The van der Waals surface area contributed by atoms with E-state index >= 15 is 0 Å². The minimum absolute atomic E-state index is 0.694. The average molecular weight is 228 g/mol. The molecule has 0 aromatic heterocycles. The first-order valence-electron chi connectivity index (χ1n) is 5.69. The number of hydrazine groups is 1. The smallest absolute Gasteiger partial charge is 0.171 e. The average Bonchev–Trinajstić information content (AvgIpc) is 2.69. The summed E-state index contributed by atoms with van der Waals surface area (Å²) in [4.78, 5) is 6.87. The molecular formula is C10H20N4S. The molecular weight excluding hydrogens is 208 g/mol. The second kappa shape index (κ2) is 5.18. The number of nitrogens with zero attached hydrogens (tertiary/aromatic N) is 3. The van der Waals surface area contributed by atoms with Gasteiger partial charge < -0.3 is 4.90 Å². The molecule has 0 aliphatic carbocycles. The number of piperazine rings is 1. The Morgan fingerprint density at radius 3 is 2.73 bits per heavy atom. The lowest BCUT2D eigenvalue weighted by Crippen LogP contribution is -2.51. The lowest BCUT2D eigenvalue weighted by Gasteiger charge is -2.32. The van der Waals surface area contributed by atoms with Gasteiger partial charge in [-0.1, -0.05) is 18.7 Å². The molecule has 15 heavy (non-hydrogen) atoms. The van der Waals surface area contributed by atoms with Crippen molar-refractivity contribution in [2.75, 3.05) is 39.8 Å². The van der Waals surface area contributed by atoms with Gasteiger partial charge in [0, 0.05) is 31.4 Å². The summed E-state index contributed by atoms with van der Waals surface area (Å²) in [6.45, 7) is 7.67. The number of amidine groups is 1. The standard InChI is InChI=1S/C10H20N4S/c1-3-9-8-11-10(15-9)12-14-6-4-13(2)5-7-14/h9H,3-8H2,1-2H3,(H,11,12). The second-order valence-electron chi connectivity index (χ2n) is 4.20. The van der Waals surface area contributed by atoms with Gasteiger partial charge in [-0.3, -0.25) is 10.4 Å². The van der Waals surface area contributed by atoms with Gasteiger partial charge in [-0.25, -0.2) is 5.01 Å². The molecule has 0 spiro atoms. The molecule has 0 saturated carbocycles. The fourth-order valence-corrected chi connectivity index (χ4v) is 2.71. The molecule has 2 aliphatic heterocycles. The zero-order chi connectivity index (χ0) is 10.7. The Bertz CT molecular complexity index is 236. The molecule has 0 aromatic carbocycles. The molecule has 0 radical (unpaired) electrons. The van der Waals surface area contributed by atoms with Gasteiger partial charge in [-0.05, 0) is 13.5 Å². The van der Waals surface area contributed by atoms with Crippen molar-refractivity contribution in [3.8, 4) is 0 Å². The van der Waals surface area contributed by atoms with E-state index in [0.717, 1.165) is 37.9 Å². The number of hydrogen-bond acceptors (Lipinski definition) is 5. The first kappa shape index (κ1) is 11.2. The fraction of sp³-hybridized carbons (Fsp3) is 0.900. The van der Waals surface area contributed by atoms with E-state index in [-0.39, 0.29) is 0 Å². The first-order chi connectivity index (χ1) is 7.28. The second-order valence-corrected chi connectivity index (χ2v) is 5.49. The van der Waals surface area contributed by atoms with Crippen molar-refractivity contribution in [3.63, 3.8) is 0 Å². The number of rotatable bonds is 2. The molecule has 4 nitrogen and oxygen atoms in total. The summed E-state index contributed by atoms with van der Waals surface area (Å²) in [6, 6.07) is 0. The van der Waals surface area contributed by atoms with Crippen molar-refractivity contribution in [3.05, 3.63) is 0 Å². The minimum atomic E-state index is 0.694. The lowest BCUT2D eigenvalue weighted by molar-refractivity contribution is 0.132. The maximum Gasteiger partial charge on any atom is 0.171 e. The van der Waals surface area contributed by atoms with Crippen LogP contribution in [0, 0.1) is 0 Å². The van der Waals surface area contributed by atoms with Gasteiger partial charge in [0.25, 0.3) is 0 Å². The monoisotopic (exact) mass is 228 g/mol. The molecule has 1 N–H and O–H groups in total. The molecule has 1 atom stereocenters. The van der Waals surface area contributed by atoms with E-state index in [1.807, 2.05) is 11.8 Å². The fourth-order valence-electron chi connectivity index (χ4n) is 1.74. The molecule has 2 heterocycles. The van der Waals surface area contributed by atoms with E-state index < -0.39 is 0 Å². The van der Waals surface area contributed by atoms with E-state index in [9.17, 15) is 0 Å². The largest absolute Gasteiger partial charge is 0.304 e. The van der Waals surface area contributed by atoms with Gasteiger partial charge in [0.2, 0.25) is 0 Å². The molecule has 1 fully saturated rings. The summed E-state index contributed by atoms with van der Waals surface area (Å²) < 4.78 is 0. The van der Waals surface area contributed by atoms with E-state index in [2.05, 4.69) is 34.3 Å². The van der Waals surface area contributed by atoms with Crippen LogP contribution in [-0.2, 0) is 0 Å². The zero-order valence-electron chi connectivity index (χ0n) is 9.57. The summed E-state index contributed by atoms with van der Waals surface area (Å²) in [5, 5.41) is 4.09. The van der Waals surface area contributed by atoms with Crippen LogP contribution in [0.1, 0.15) is 13.3 Å². The quantitative estimate of drug-likeness (QED) is 0.751. The highest BCUT2D eigenvalue weighted by Gasteiger charge is 2.21. The van der Waals surface area contributed by atoms with E-state index in [1.54, 1.807) is 0 Å². The van der Waals surface area contributed by atoms with Crippen LogP contribution in [-0.4, -0.2) is 60.1 Å². The van der Waals surface area contributed by atoms with Crippen LogP contribution in [0.4, 0.5) is 0 Å². The SMILES string of the molecule is CCC1CN=C(NN2CCN(C)CC2)S1. The van der Waals surface area contributed by atoms with Crippen molar-refractivity contribution in [2.45, 2.75) is 18.6 Å². The van der Waals surface area contributed by atoms with Crippen LogP contribution >= 0.6 is 11.8 Å². The van der Waals surface area contributed by atoms with Gasteiger partial charge in [-0.2, -0.15) is 0 Å². The highest BCUT2D eigenvalue weighted by Crippen LogP contribution is 2.22. The van der Waals surface area contributed by atoms with Crippen molar-refractivity contribution < 1.29 is 0 Å². The van der Waals surface area contributed by atoms with Gasteiger partial charge >= 0.3 is 0 Å². The Hall–Kier alpha value is -0.260. The minimum Gasteiger partial charge on any atom is -0.304 e. The van der Waals surface area contributed by atoms with Gasteiger partial charge in [-0.15, -0.1) is 0 Å². The molecule has 5 heteroatoms. The number of hydrogen-bond donors (Lipinski definition) is 1. The van der Waals surface area contributed by atoms with Crippen molar-refractivity contribution in [1.29, 1.82) is 0 Å². The van der Waals surface area contributed by atoms with Crippen molar-refractivity contribution in [2.24, 2.45) is 4.99 Å². The van der Waals surface area contributed by atoms with Crippen molar-refractivity contribution in [1.82, 2.24) is 15.3 Å². The Morgan fingerprint density at radius 1 is 1.40 bits per heavy atom. The van der Waals surface area contributed by atoms with E-state index in [4.69, 9.17) is 0 Å². The highest BCUT2D eigenvalue weighted by molar-refractivity contribution is 8.14. The maximum atomic E-state index is 4.51. The van der Waals surface area contributed by atoms with E-state index in [1.165, 1.54) is 6.42 Å². The normalized spacial score (nSPS) is 29.2. The van der Waals surface area contributed by atoms with Crippen LogP contribution < -0.4 is 5.43 Å². The van der Waals surface area contributed by atoms with Gasteiger partial charge in [0.15, 0.2) is 5.17 Å². The predicted octanol–water partition coefficient (Wildman–Crippen LogP) is 0.620. The molecule has 1 saturated heterocycles. The third-order valence-electron chi connectivity index (χ3n) is 2.93. The molecule has 0 amide bonds. The molecule has 2 aliphatic rings. The maximum absolute atomic E-state index is 4.51. The topological polar surface area (TPSA) is 30.9 Å². The van der Waals surface area contributed by atoms with Gasteiger partial charge in [0.05, 0.1) is 6.54 Å². The Kier molecular flexibility index (Phi) is 3.88. The van der Waals surface area contributed by atoms with Crippen LogP contribution in [0.2, 0.25) is 0 Å². The molecule has 0 bridgehead atoms. The summed E-state index contributed by atoms with van der Waals surface area (Å²) in [6.07, 6.45) is 1.21. The first-order valence-corrected chi connectivity index (χ1v) is 6.57. The summed E-state index contributed by atoms with van der Waals surface area (Å²) in [5.41, 5.74) is 3.42. The molecule has 86 valence electrons. The lowest BCUT2D eigenvalue weighted by atomic mass is 10.3. The molecule has 0 aromatic rings. The Labute approximate surface area is 96.1 Å². The predicted molar refractivity (Wildman–Crippen MR) is 66.2 cm³/mol. The third-order valence-corrected chi connectivity index (χ3v) is 4.19. The number of nitrogens with one attached hydrogen (secondary N) is 1. The molecule has 2 rings (SSSR count). The van der Waals surface area contributed by atoms with Crippen LogP contribution in [0.3, 0.4) is 0 Å². The van der Waals surface area contributed by atoms with Crippen LogP contribution in [0.5, 0.6) is 0 Å². The molecule has 1 unspecified atom stereocenters. The van der Waals surface area contributed by atoms with Gasteiger partial charge in [0.1, 0.15) is 0 Å². The number of aliphatic imine (C=N–C) groups is 1. The summed E-state index contributed by atoms with van der Waals surface area (Å²) in [5.74, 6) is 0. The Balaban J connectivity index is 1.74. The number of likely N-dealkylation sites (N-methyl/N-ethyl adjacent to an activating group) is 1. The van der Waals surface area contributed by atoms with Crippen LogP contribution in [0.25, 0.3) is 0 Å². The summed E-state index contributed by atoms with van der Waals surface area (Å²) in [7, 11) is 2.17. The Morgan fingerprint density at radius 2 is 2.13 bits per heavy atom. The van der Waals surface area contributed by atoms with Crippen LogP contribution in [0.15, 0.2) is 4.99 Å². The number of thioether (sulfide) groups is 1. The van der Waals surface area contributed by atoms with E-state index in [0.29, 0.717) is 5.25 Å². The highest BCUT2D eigenvalue weighted by atomic mass is 32.2. The zero-order valence-corrected chi connectivity index (χ0v) is 10.4. The summed E-state index contributed by atoms with van der Waals surface area (Å²) >= 11 is 1.89. The van der Waals surface area contributed by atoms with Crippen molar-refractivity contribution >= 4 is 16.9 Å². The third kappa shape index (κ3) is 3.09.